The topological polar surface area (TPSA) is 52.6 Å². The lowest BCUT2D eigenvalue weighted by Gasteiger charge is -2.39. The highest BCUT2D eigenvalue weighted by atomic mass is 16.3. The van der Waals surface area contributed by atoms with Crippen LogP contribution in [0, 0.1) is 19.3 Å². The number of nitrogens with zero attached hydrogens (tertiary/aromatic N) is 1. The van der Waals surface area contributed by atoms with Crippen molar-refractivity contribution in [3.63, 3.8) is 0 Å². The number of hydrogen-bond acceptors (Lipinski definition) is 3. The third-order valence-corrected chi connectivity index (χ3v) is 5.02. The Labute approximate surface area is 139 Å². The quantitative estimate of drug-likeness (QED) is 0.877. The minimum absolute atomic E-state index is 0.0100. The van der Waals surface area contributed by atoms with Crippen molar-refractivity contribution < 1.29 is 9.90 Å². The largest absolute Gasteiger partial charge is 0.396 e. The zero-order chi connectivity index (χ0) is 17.0. The van der Waals surface area contributed by atoms with Crippen molar-refractivity contribution in [2.45, 2.75) is 46.6 Å². The van der Waals surface area contributed by atoms with Crippen molar-refractivity contribution >= 4 is 5.91 Å². The number of aliphatic hydroxyl groups excluding tert-OH is 1. The van der Waals surface area contributed by atoms with Crippen molar-refractivity contribution in [2.24, 2.45) is 5.41 Å². The Balaban J connectivity index is 1.90. The zero-order valence-electron chi connectivity index (χ0n) is 14.9. The van der Waals surface area contributed by atoms with E-state index in [0.717, 1.165) is 31.5 Å². The maximum Gasteiger partial charge on any atom is 0.234 e. The maximum atomic E-state index is 12.3. The minimum Gasteiger partial charge on any atom is -0.396 e. The third-order valence-electron chi connectivity index (χ3n) is 5.02. The van der Waals surface area contributed by atoms with Gasteiger partial charge in [0.1, 0.15) is 0 Å². The number of carbonyl (C=O) groups is 1. The molecule has 1 fully saturated rings. The number of rotatable bonds is 5. The smallest absolute Gasteiger partial charge is 0.234 e. The number of amides is 1. The lowest BCUT2D eigenvalue weighted by molar-refractivity contribution is -0.123. The van der Waals surface area contributed by atoms with Gasteiger partial charge in [-0.3, -0.25) is 9.69 Å². The Bertz CT molecular complexity index is 558. The van der Waals surface area contributed by atoms with Gasteiger partial charge in [0, 0.05) is 18.6 Å². The van der Waals surface area contributed by atoms with E-state index in [4.69, 9.17) is 0 Å². The summed E-state index contributed by atoms with van der Waals surface area (Å²) in [7, 11) is 0. The normalized spacial score (nSPS) is 23.5. The summed E-state index contributed by atoms with van der Waals surface area (Å²) in [5, 5.41) is 12.6. The molecule has 4 nitrogen and oxygen atoms in total. The SMILES string of the molecule is Cc1ccc(C(C)NC(=O)CN2CCCC(C)(CO)C2)cc1C. The van der Waals surface area contributed by atoms with Crippen molar-refractivity contribution in [1.82, 2.24) is 10.2 Å². The fourth-order valence-corrected chi connectivity index (χ4v) is 3.30. The van der Waals surface area contributed by atoms with E-state index in [0.29, 0.717) is 6.54 Å². The molecule has 1 aromatic carbocycles. The van der Waals surface area contributed by atoms with Gasteiger partial charge in [0.2, 0.25) is 5.91 Å². The van der Waals surface area contributed by atoms with E-state index < -0.39 is 0 Å². The third kappa shape index (κ3) is 4.79. The lowest BCUT2D eigenvalue weighted by atomic mass is 9.83. The molecule has 2 unspecified atom stereocenters. The van der Waals surface area contributed by atoms with E-state index in [1.165, 1.54) is 11.1 Å². The number of likely N-dealkylation sites (tertiary alicyclic amines) is 1. The van der Waals surface area contributed by atoms with Crippen molar-refractivity contribution in [2.75, 3.05) is 26.2 Å². The number of hydrogen-bond donors (Lipinski definition) is 2. The van der Waals surface area contributed by atoms with Crippen LogP contribution in [0.25, 0.3) is 0 Å². The number of aryl methyl sites for hydroxylation is 2. The van der Waals surface area contributed by atoms with Crippen LogP contribution in [-0.4, -0.2) is 42.2 Å². The summed E-state index contributed by atoms with van der Waals surface area (Å²) in [5.74, 6) is 0.0536. The van der Waals surface area contributed by atoms with Crippen LogP contribution >= 0.6 is 0 Å². The van der Waals surface area contributed by atoms with E-state index in [-0.39, 0.29) is 24.0 Å². The Morgan fingerprint density at radius 3 is 2.78 bits per heavy atom. The van der Waals surface area contributed by atoms with Crippen molar-refractivity contribution in [3.05, 3.63) is 34.9 Å². The summed E-state index contributed by atoms with van der Waals surface area (Å²) in [6.45, 7) is 10.6. The van der Waals surface area contributed by atoms with Crippen LogP contribution in [0.15, 0.2) is 18.2 Å². The van der Waals surface area contributed by atoms with Crippen LogP contribution < -0.4 is 5.32 Å². The summed E-state index contributed by atoms with van der Waals surface area (Å²) in [5.41, 5.74) is 3.58. The zero-order valence-corrected chi connectivity index (χ0v) is 14.9. The van der Waals surface area contributed by atoms with E-state index >= 15 is 0 Å². The first-order chi connectivity index (χ1) is 10.8. The predicted octanol–water partition coefficient (Wildman–Crippen LogP) is 2.58. The lowest BCUT2D eigenvalue weighted by Crippen LogP contribution is -2.47. The molecule has 0 radical (unpaired) electrons. The van der Waals surface area contributed by atoms with E-state index in [9.17, 15) is 9.90 Å². The Hall–Kier alpha value is -1.39. The number of piperidine rings is 1. The molecule has 0 spiro atoms. The van der Waals surface area contributed by atoms with Gasteiger partial charge in [0.15, 0.2) is 0 Å². The minimum atomic E-state index is -0.0712. The predicted molar refractivity (Wildman–Crippen MR) is 93.3 cm³/mol. The first-order valence-corrected chi connectivity index (χ1v) is 8.53. The van der Waals surface area contributed by atoms with Gasteiger partial charge in [-0.1, -0.05) is 25.1 Å². The molecule has 1 aromatic rings. The molecule has 0 bridgehead atoms. The second-order valence-corrected chi connectivity index (χ2v) is 7.42. The molecule has 0 aliphatic carbocycles. The van der Waals surface area contributed by atoms with Crippen LogP contribution in [0.5, 0.6) is 0 Å². The highest BCUT2D eigenvalue weighted by molar-refractivity contribution is 5.78. The molecule has 0 aromatic heterocycles. The molecule has 1 aliphatic heterocycles. The van der Waals surface area contributed by atoms with Crippen LogP contribution in [0.3, 0.4) is 0 Å². The summed E-state index contributed by atoms with van der Waals surface area (Å²) in [6.07, 6.45) is 2.07. The van der Waals surface area contributed by atoms with E-state index in [1.54, 1.807) is 0 Å². The van der Waals surface area contributed by atoms with Gasteiger partial charge in [-0.25, -0.2) is 0 Å². The first-order valence-electron chi connectivity index (χ1n) is 8.53. The molecule has 0 saturated carbocycles. The maximum absolute atomic E-state index is 12.3. The molecule has 128 valence electrons. The molecule has 2 N–H and O–H groups in total. The van der Waals surface area contributed by atoms with E-state index in [2.05, 4.69) is 49.2 Å². The van der Waals surface area contributed by atoms with Gasteiger partial charge in [0.25, 0.3) is 0 Å². The second-order valence-electron chi connectivity index (χ2n) is 7.42. The Morgan fingerprint density at radius 2 is 2.13 bits per heavy atom. The molecular weight excluding hydrogens is 288 g/mol. The highest BCUT2D eigenvalue weighted by Gasteiger charge is 2.31. The van der Waals surface area contributed by atoms with Crippen LogP contribution in [0.2, 0.25) is 0 Å². The van der Waals surface area contributed by atoms with Crippen LogP contribution in [0.4, 0.5) is 0 Å². The highest BCUT2D eigenvalue weighted by Crippen LogP contribution is 2.28. The average molecular weight is 318 g/mol. The van der Waals surface area contributed by atoms with Crippen LogP contribution in [0.1, 0.15) is 49.4 Å². The summed E-state index contributed by atoms with van der Waals surface area (Å²) in [6, 6.07) is 6.34. The van der Waals surface area contributed by atoms with E-state index in [1.807, 2.05) is 6.92 Å². The van der Waals surface area contributed by atoms with Crippen LogP contribution in [-0.2, 0) is 4.79 Å². The molecule has 1 aliphatic rings. The Morgan fingerprint density at radius 1 is 1.39 bits per heavy atom. The van der Waals surface area contributed by atoms with Gasteiger partial charge < -0.3 is 10.4 Å². The number of benzene rings is 1. The first kappa shape index (κ1) is 18.0. The van der Waals surface area contributed by atoms with Gasteiger partial charge in [-0.15, -0.1) is 0 Å². The van der Waals surface area contributed by atoms with Gasteiger partial charge in [-0.2, -0.15) is 0 Å². The number of nitrogens with one attached hydrogen (secondary N) is 1. The summed E-state index contributed by atoms with van der Waals surface area (Å²) >= 11 is 0. The fraction of sp³-hybridized carbons (Fsp3) is 0.632. The molecular formula is C19H30N2O2. The molecule has 1 amide bonds. The van der Waals surface area contributed by atoms with Crippen molar-refractivity contribution in [1.29, 1.82) is 0 Å². The number of carbonyl (C=O) groups excluding carboxylic acids is 1. The molecule has 1 heterocycles. The second kappa shape index (κ2) is 7.45. The van der Waals surface area contributed by atoms with Gasteiger partial charge in [-0.05, 0) is 56.8 Å². The Kier molecular flexibility index (Phi) is 5.82. The fourth-order valence-electron chi connectivity index (χ4n) is 3.30. The average Bonchev–Trinajstić information content (AvgIpc) is 2.50. The van der Waals surface area contributed by atoms with Crippen molar-refractivity contribution in [3.8, 4) is 0 Å². The monoisotopic (exact) mass is 318 g/mol. The standard InChI is InChI=1S/C19H30N2O2/c1-14-6-7-17(10-15(14)2)16(3)20-18(23)11-21-9-5-8-19(4,12-21)13-22/h6-7,10,16,22H,5,8-9,11-13H2,1-4H3,(H,20,23). The molecule has 23 heavy (non-hydrogen) atoms. The van der Waals surface area contributed by atoms with Gasteiger partial charge >= 0.3 is 0 Å². The molecule has 2 rings (SSSR count). The molecule has 2 atom stereocenters. The summed E-state index contributed by atoms with van der Waals surface area (Å²) in [4.78, 5) is 14.5. The molecule has 1 saturated heterocycles. The molecule has 4 heteroatoms. The summed E-state index contributed by atoms with van der Waals surface area (Å²) < 4.78 is 0. The van der Waals surface area contributed by atoms with Gasteiger partial charge in [0.05, 0.1) is 12.6 Å². The number of aliphatic hydroxyl groups is 1.